The van der Waals surface area contributed by atoms with Crippen LogP contribution in [0.2, 0.25) is 0 Å². The van der Waals surface area contributed by atoms with Crippen LogP contribution in [-0.2, 0) is 18.4 Å². The summed E-state index contributed by atoms with van der Waals surface area (Å²) in [6, 6.07) is 10.6. The zero-order chi connectivity index (χ0) is 17.6. The topological polar surface area (TPSA) is 50.2 Å². The van der Waals surface area contributed by atoms with E-state index in [0.717, 1.165) is 30.4 Å². The van der Waals surface area contributed by atoms with E-state index >= 15 is 0 Å². The van der Waals surface area contributed by atoms with Gasteiger partial charge in [0.15, 0.2) is 5.16 Å². The van der Waals surface area contributed by atoms with Crippen molar-refractivity contribution in [2.75, 3.05) is 25.9 Å². The Bertz CT molecular complexity index is 701. The maximum atomic E-state index is 12.3. The van der Waals surface area contributed by atoms with Crippen LogP contribution in [0, 0.1) is 0 Å². The lowest BCUT2D eigenvalue weighted by atomic mass is 9.91. The Morgan fingerprint density at radius 3 is 2.88 bits per heavy atom. The molecule has 0 saturated carbocycles. The van der Waals surface area contributed by atoms with Crippen LogP contribution in [0.15, 0.2) is 41.7 Å². The number of nitrogens with one attached hydrogen (secondary N) is 1. The normalized spacial score (nSPS) is 18.2. The van der Waals surface area contributed by atoms with Gasteiger partial charge in [-0.2, -0.15) is 0 Å². The maximum Gasteiger partial charge on any atom is 0.234 e. The van der Waals surface area contributed by atoms with Gasteiger partial charge < -0.3 is 9.88 Å². The third kappa shape index (κ3) is 4.64. The highest BCUT2D eigenvalue weighted by molar-refractivity contribution is 7.98. The van der Waals surface area contributed by atoms with Gasteiger partial charge in [-0.1, -0.05) is 42.1 Å². The molecule has 0 aliphatic carbocycles. The molecule has 1 fully saturated rings. The van der Waals surface area contributed by atoms with Crippen molar-refractivity contribution in [1.82, 2.24) is 19.8 Å². The van der Waals surface area contributed by atoms with Crippen LogP contribution >= 0.6 is 11.8 Å². The lowest BCUT2D eigenvalue weighted by molar-refractivity contribution is -0.122. The largest absolute Gasteiger partial charge is 0.349 e. The first kappa shape index (κ1) is 18.0. The van der Waals surface area contributed by atoms with Gasteiger partial charge in [-0.15, -0.1) is 0 Å². The van der Waals surface area contributed by atoms with Gasteiger partial charge in [0.1, 0.15) is 0 Å². The highest BCUT2D eigenvalue weighted by Gasteiger charge is 2.22. The first-order valence-corrected chi connectivity index (χ1v) is 9.98. The van der Waals surface area contributed by atoms with Gasteiger partial charge in [0.05, 0.1) is 25.0 Å². The zero-order valence-corrected chi connectivity index (χ0v) is 15.8. The molecule has 25 heavy (non-hydrogen) atoms. The molecule has 1 atom stereocenters. The highest BCUT2D eigenvalue weighted by Crippen LogP contribution is 2.26. The highest BCUT2D eigenvalue weighted by atomic mass is 32.2. The van der Waals surface area contributed by atoms with Crippen LogP contribution in [0.3, 0.4) is 0 Å². The quantitative estimate of drug-likeness (QED) is 0.807. The van der Waals surface area contributed by atoms with Gasteiger partial charge in [-0.25, -0.2) is 4.98 Å². The van der Waals surface area contributed by atoms with Crippen LogP contribution in [0.5, 0.6) is 0 Å². The fraction of sp³-hybridized carbons (Fsp3) is 0.474. The van der Waals surface area contributed by atoms with Crippen molar-refractivity contribution in [2.45, 2.75) is 30.5 Å². The SMILES string of the molecule is CSc1ncc(CNC(=O)CN2CCCC(c3ccccc3)C2)n1C. The summed E-state index contributed by atoms with van der Waals surface area (Å²) >= 11 is 1.61. The molecule has 2 heterocycles. The number of hydrogen-bond acceptors (Lipinski definition) is 4. The smallest absolute Gasteiger partial charge is 0.234 e. The lowest BCUT2D eigenvalue weighted by Gasteiger charge is -2.32. The van der Waals surface area contributed by atoms with E-state index in [-0.39, 0.29) is 5.91 Å². The Morgan fingerprint density at radius 1 is 1.36 bits per heavy atom. The number of carbonyl (C=O) groups excluding carboxylic acids is 1. The van der Waals surface area contributed by atoms with Crippen molar-refractivity contribution >= 4 is 17.7 Å². The molecule has 0 bridgehead atoms. The van der Waals surface area contributed by atoms with E-state index in [0.29, 0.717) is 19.0 Å². The monoisotopic (exact) mass is 358 g/mol. The molecule has 0 radical (unpaired) electrons. The second-order valence-corrected chi connectivity index (χ2v) is 7.33. The number of nitrogens with zero attached hydrogens (tertiary/aromatic N) is 3. The van der Waals surface area contributed by atoms with Gasteiger partial charge in [-0.3, -0.25) is 9.69 Å². The molecule has 1 aliphatic rings. The summed E-state index contributed by atoms with van der Waals surface area (Å²) in [6.45, 7) is 2.95. The number of likely N-dealkylation sites (tertiary alicyclic amines) is 1. The van der Waals surface area contributed by atoms with E-state index in [2.05, 4.69) is 45.5 Å². The van der Waals surface area contributed by atoms with E-state index in [1.54, 1.807) is 11.8 Å². The number of hydrogen-bond donors (Lipinski definition) is 1. The molecular weight excluding hydrogens is 332 g/mol. The first-order chi connectivity index (χ1) is 12.2. The van der Waals surface area contributed by atoms with Gasteiger partial charge in [0, 0.05) is 13.6 Å². The van der Waals surface area contributed by atoms with E-state index in [1.807, 2.05) is 24.1 Å². The van der Waals surface area contributed by atoms with Gasteiger partial charge >= 0.3 is 0 Å². The number of piperidine rings is 1. The van der Waals surface area contributed by atoms with E-state index in [9.17, 15) is 4.79 Å². The summed E-state index contributed by atoms with van der Waals surface area (Å²) in [6.07, 6.45) is 6.18. The predicted octanol–water partition coefficient (Wildman–Crippen LogP) is 2.64. The number of benzene rings is 1. The molecule has 2 aromatic rings. The molecule has 3 rings (SSSR count). The van der Waals surface area contributed by atoms with Crippen molar-refractivity contribution in [3.05, 3.63) is 47.8 Å². The summed E-state index contributed by atoms with van der Waals surface area (Å²) < 4.78 is 2.03. The molecule has 1 saturated heterocycles. The number of rotatable bonds is 6. The Balaban J connectivity index is 1.49. The molecule has 1 N–H and O–H groups in total. The second kappa shape index (κ2) is 8.54. The van der Waals surface area contributed by atoms with Gasteiger partial charge in [0.2, 0.25) is 5.91 Å². The molecule has 6 heteroatoms. The van der Waals surface area contributed by atoms with Crippen LogP contribution in [-0.4, -0.2) is 46.2 Å². The van der Waals surface area contributed by atoms with Crippen molar-refractivity contribution in [3.63, 3.8) is 0 Å². The Labute approximate surface area is 153 Å². The Hall–Kier alpha value is -1.79. The summed E-state index contributed by atoms with van der Waals surface area (Å²) in [4.78, 5) is 18.9. The maximum absolute atomic E-state index is 12.3. The fourth-order valence-corrected chi connectivity index (χ4v) is 3.97. The number of carbonyl (C=O) groups is 1. The van der Waals surface area contributed by atoms with E-state index in [4.69, 9.17) is 0 Å². The zero-order valence-electron chi connectivity index (χ0n) is 14.9. The molecular formula is C19H26N4OS. The summed E-state index contributed by atoms with van der Waals surface area (Å²) in [7, 11) is 1.98. The summed E-state index contributed by atoms with van der Waals surface area (Å²) in [5.41, 5.74) is 2.41. The van der Waals surface area contributed by atoms with Gasteiger partial charge in [-0.05, 0) is 37.1 Å². The van der Waals surface area contributed by atoms with Crippen LogP contribution in [0.25, 0.3) is 0 Å². The number of imidazole rings is 1. The molecule has 5 nitrogen and oxygen atoms in total. The summed E-state index contributed by atoms with van der Waals surface area (Å²) in [5, 5.41) is 3.99. The third-order valence-electron chi connectivity index (χ3n) is 4.83. The summed E-state index contributed by atoms with van der Waals surface area (Å²) in [5.74, 6) is 0.615. The average Bonchev–Trinajstić information content (AvgIpc) is 3.01. The minimum atomic E-state index is 0.0839. The van der Waals surface area contributed by atoms with Crippen molar-refractivity contribution < 1.29 is 4.79 Å². The van der Waals surface area contributed by atoms with Crippen LogP contribution < -0.4 is 5.32 Å². The van der Waals surface area contributed by atoms with Gasteiger partial charge in [0.25, 0.3) is 0 Å². The van der Waals surface area contributed by atoms with Crippen LogP contribution in [0.4, 0.5) is 0 Å². The average molecular weight is 359 g/mol. The minimum Gasteiger partial charge on any atom is -0.349 e. The van der Waals surface area contributed by atoms with E-state index < -0.39 is 0 Å². The fourth-order valence-electron chi connectivity index (χ4n) is 3.42. The third-order valence-corrected chi connectivity index (χ3v) is 5.58. The Morgan fingerprint density at radius 2 is 2.16 bits per heavy atom. The van der Waals surface area contributed by atoms with Crippen LogP contribution in [0.1, 0.15) is 30.0 Å². The molecule has 1 aromatic heterocycles. The lowest BCUT2D eigenvalue weighted by Crippen LogP contribution is -2.41. The number of amides is 1. The Kier molecular flexibility index (Phi) is 6.15. The van der Waals surface area contributed by atoms with E-state index in [1.165, 1.54) is 12.0 Å². The predicted molar refractivity (Wildman–Crippen MR) is 102 cm³/mol. The molecule has 134 valence electrons. The molecule has 1 aliphatic heterocycles. The van der Waals surface area contributed by atoms with Crippen molar-refractivity contribution in [3.8, 4) is 0 Å². The standard InChI is InChI=1S/C19H26N4OS/c1-22-17(12-21-19(22)25-2)11-20-18(24)14-23-10-6-9-16(13-23)15-7-4-3-5-8-15/h3-5,7-8,12,16H,6,9-11,13-14H2,1-2H3,(H,20,24). The first-order valence-electron chi connectivity index (χ1n) is 8.76. The molecule has 0 spiro atoms. The molecule has 1 unspecified atom stereocenters. The molecule has 1 amide bonds. The second-order valence-electron chi connectivity index (χ2n) is 6.56. The molecule has 1 aromatic carbocycles. The number of thioether (sulfide) groups is 1. The number of aromatic nitrogens is 2. The minimum absolute atomic E-state index is 0.0839. The van der Waals surface area contributed by atoms with Crippen molar-refractivity contribution in [2.24, 2.45) is 7.05 Å². The van der Waals surface area contributed by atoms with Crippen molar-refractivity contribution in [1.29, 1.82) is 0 Å².